The summed E-state index contributed by atoms with van der Waals surface area (Å²) in [5, 5.41) is 0. The lowest BCUT2D eigenvalue weighted by molar-refractivity contribution is -0.0562. The summed E-state index contributed by atoms with van der Waals surface area (Å²) >= 11 is 0. The standard InChI is InChI=1S/C12H19F2N3/c1-9-2-3-11(15)16-10(9)8-17-6-4-12(13,14)5-7-17/h2-3,9-10H,4-8H2,1H3,(H2,15,16). The van der Waals surface area contributed by atoms with Crippen molar-refractivity contribution in [3.8, 4) is 0 Å². The number of aliphatic imine (C=N–C) groups is 1. The van der Waals surface area contributed by atoms with Crippen molar-refractivity contribution in [2.75, 3.05) is 19.6 Å². The Morgan fingerprint density at radius 2 is 2.12 bits per heavy atom. The minimum atomic E-state index is -2.48. The van der Waals surface area contributed by atoms with E-state index in [9.17, 15) is 8.78 Å². The quantitative estimate of drug-likeness (QED) is 0.801. The van der Waals surface area contributed by atoms with E-state index in [4.69, 9.17) is 5.73 Å². The van der Waals surface area contributed by atoms with Crippen LogP contribution in [0.15, 0.2) is 17.1 Å². The Bertz CT molecular complexity index is 329. The summed E-state index contributed by atoms with van der Waals surface area (Å²) in [5.41, 5.74) is 5.66. The molecular weight excluding hydrogens is 224 g/mol. The minimum Gasteiger partial charge on any atom is -0.384 e. The fourth-order valence-corrected chi connectivity index (χ4v) is 2.27. The van der Waals surface area contributed by atoms with Gasteiger partial charge in [0.15, 0.2) is 0 Å². The number of likely N-dealkylation sites (tertiary alicyclic amines) is 1. The zero-order valence-electron chi connectivity index (χ0n) is 10.1. The van der Waals surface area contributed by atoms with Crippen LogP contribution in [0.25, 0.3) is 0 Å². The number of piperidine rings is 1. The molecule has 2 rings (SSSR count). The molecule has 3 nitrogen and oxygen atoms in total. The first-order chi connectivity index (χ1) is 7.96. The Kier molecular flexibility index (Phi) is 3.47. The molecule has 0 bridgehead atoms. The number of halogens is 2. The maximum atomic E-state index is 13.0. The number of dihydropyridines is 1. The summed E-state index contributed by atoms with van der Waals surface area (Å²) in [6.07, 6.45) is 3.77. The minimum absolute atomic E-state index is 0.0386. The molecule has 0 saturated carbocycles. The summed E-state index contributed by atoms with van der Waals surface area (Å²) in [4.78, 5) is 6.44. The van der Waals surface area contributed by atoms with E-state index in [1.165, 1.54) is 0 Å². The molecular formula is C12H19F2N3. The second-order valence-electron chi connectivity index (χ2n) is 5.00. The van der Waals surface area contributed by atoms with Crippen LogP contribution in [0.4, 0.5) is 8.78 Å². The van der Waals surface area contributed by atoms with Crippen LogP contribution in [0, 0.1) is 5.92 Å². The summed E-state index contributed by atoms with van der Waals surface area (Å²) in [7, 11) is 0. The summed E-state index contributed by atoms with van der Waals surface area (Å²) in [6.45, 7) is 3.71. The molecule has 2 atom stereocenters. The molecule has 2 aliphatic heterocycles. The van der Waals surface area contributed by atoms with Gasteiger partial charge in [-0.15, -0.1) is 0 Å². The van der Waals surface area contributed by atoms with Crippen LogP contribution in [0.1, 0.15) is 19.8 Å². The number of nitrogens with two attached hydrogens (primary N) is 1. The molecule has 96 valence electrons. The molecule has 1 saturated heterocycles. The predicted molar refractivity (Wildman–Crippen MR) is 64.3 cm³/mol. The molecule has 0 aromatic carbocycles. The van der Waals surface area contributed by atoms with Crippen LogP contribution in [0.3, 0.4) is 0 Å². The third kappa shape index (κ3) is 3.25. The van der Waals surface area contributed by atoms with E-state index in [0.29, 0.717) is 24.8 Å². The first-order valence-electron chi connectivity index (χ1n) is 6.08. The lowest BCUT2D eigenvalue weighted by atomic mass is 9.97. The number of rotatable bonds is 2. The van der Waals surface area contributed by atoms with Gasteiger partial charge in [-0.05, 0) is 12.0 Å². The Hall–Kier alpha value is -0.970. The Balaban J connectivity index is 1.88. The average Bonchev–Trinajstić information content (AvgIpc) is 2.26. The number of amidine groups is 1. The second kappa shape index (κ2) is 4.72. The molecule has 1 fully saturated rings. The number of nitrogens with zero attached hydrogens (tertiary/aromatic N) is 2. The summed E-state index contributed by atoms with van der Waals surface area (Å²) < 4.78 is 26.0. The van der Waals surface area contributed by atoms with Gasteiger partial charge >= 0.3 is 0 Å². The summed E-state index contributed by atoms with van der Waals surface area (Å²) in [5.74, 6) is -1.61. The van der Waals surface area contributed by atoms with Gasteiger partial charge in [0, 0.05) is 32.5 Å². The van der Waals surface area contributed by atoms with Crippen molar-refractivity contribution < 1.29 is 8.78 Å². The lowest BCUT2D eigenvalue weighted by Crippen LogP contribution is -2.44. The van der Waals surface area contributed by atoms with E-state index in [2.05, 4.69) is 16.8 Å². The molecule has 0 aromatic rings. The van der Waals surface area contributed by atoms with Crippen LogP contribution in [-0.2, 0) is 0 Å². The predicted octanol–water partition coefficient (Wildman–Crippen LogP) is 1.65. The van der Waals surface area contributed by atoms with Crippen molar-refractivity contribution in [2.45, 2.75) is 31.7 Å². The Morgan fingerprint density at radius 3 is 2.76 bits per heavy atom. The van der Waals surface area contributed by atoms with Crippen LogP contribution >= 0.6 is 0 Å². The maximum Gasteiger partial charge on any atom is 0.250 e. The first-order valence-corrected chi connectivity index (χ1v) is 6.08. The van der Waals surface area contributed by atoms with Gasteiger partial charge in [0.05, 0.1) is 6.04 Å². The second-order valence-corrected chi connectivity index (χ2v) is 5.00. The zero-order chi connectivity index (χ0) is 12.5. The molecule has 0 amide bonds. The van der Waals surface area contributed by atoms with Crippen molar-refractivity contribution in [1.29, 1.82) is 0 Å². The fourth-order valence-electron chi connectivity index (χ4n) is 2.27. The number of hydrogen-bond acceptors (Lipinski definition) is 3. The van der Waals surface area contributed by atoms with E-state index in [1.807, 2.05) is 12.2 Å². The largest absolute Gasteiger partial charge is 0.384 e. The molecule has 0 aromatic heterocycles. The van der Waals surface area contributed by atoms with Gasteiger partial charge in [0.25, 0.3) is 5.92 Å². The molecule has 17 heavy (non-hydrogen) atoms. The molecule has 2 N–H and O–H groups in total. The van der Waals surface area contributed by atoms with Crippen molar-refractivity contribution in [1.82, 2.24) is 4.90 Å². The highest BCUT2D eigenvalue weighted by molar-refractivity contribution is 5.92. The summed E-state index contributed by atoms with van der Waals surface area (Å²) in [6, 6.07) is 0.103. The highest BCUT2D eigenvalue weighted by Crippen LogP contribution is 2.28. The van der Waals surface area contributed by atoms with Crippen molar-refractivity contribution in [3.05, 3.63) is 12.2 Å². The van der Waals surface area contributed by atoms with Gasteiger partial charge in [-0.25, -0.2) is 8.78 Å². The highest BCUT2D eigenvalue weighted by atomic mass is 19.3. The molecule has 2 aliphatic rings. The van der Waals surface area contributed by atoms with Crippen molar-refractivity contribution in [2.24, 2.45) is 16.6 Å². The molecule has 2 heterocycles. The van der Waals surface area contributed by atoms with Crippen LogP contribution < -0.4 is 5.73 Å². The van der Waals surface area contributed by atoms with E-state index in [-0.39, 0.29) is 18.9 Å². The third-order valence-corrected chi connectivity index (χ3v) is 3.53. The van der Waals surface area contributed by atoms with Gasteiger partial charge in [0.1, 0.15) is 5.84 Å². The van der Waals surface area contributed by atoms with Gasteiger partial charge in [-0.1, -0.05) is 13.0 Å². The first kappa shape index (κ1) is 12.5. The van der Waals surface area contributed by atoms with E-state index in [0.717, 1.165) is 6.54 Å². The Labute approximate surface area is 100 Å². The molecule has 0 spiro atoms. The molecule has 0 radical (unpaired) electrons. The topological polar surface area (TPSA) is 41.6 Å². The van der Waals surface area contributed by atoms with Crippen LogP contribution in [-0.4, -0.2) is 42.3 Å². The van der Waals surface area contributed by atoms with Gasteiger partial charge < -0.3 is 10.6 Å². The maximum absolute atomic E-state index is 13.0. The SMILES string of the molecule is CC1C=CC(N)=NC1CN1CCC(F)(F)CC1. The van der Waals surface area contributed by atoms with Crippen molar-refractivity contribution in [3.63, 3.8) is 0 Å². The Morgan fingerprint density at radius 1 is 1.47 bits per heavy atom. The number of hydrogen-bond donors (Lipinski definition) is 1. The average molecular weight is 243 g/mol. The highest BCUT2D eigenvalue weighted by Gasteiger charge is 2.35. The third-order valence-electron chi connectivity index (χ3n) is 3.53. The van der Waals surface area contributed by atoms with Crippen molar-refractivity contribution >= 4 is 5.84 Å². The van der Waals surface area contributed by atoms with Crippen LogP contribution in [0.5, 0.6) is 0 Å². The van der Waals surface area contributed by atoms with E-state index >= 15 is 0 Å². The van der Waals surface area contributed by atoms with Crippen LogP contribution in [0.2, 0.25) is 0 Å². The lowest BCUT2D eigenvalue weighted by Gasteiger charge is -2.34. The van der Waals surface area contributed by atoms with Gasteiger partial charge in [0.2, 0.25) is 0 Å². The van der Waals surface area contributed by atoms with E-state index in [1.54, 1.807) is 0 Å². The smallest absolute Gasteiger partial charge is 0.250 e. The van der Waals surface area contributed by atoms with E-state index < -0.39 is 5.92 Å². The fraction of sp³-hybridized carbons (Fsp3) is 0.750. The molecule has 0 aliphatic carbocycles. The monoisotopic (exact) mass is 243 g/mol. The molecule has 5 heteroatoms. The zero-order valence-corrected chi connectivity index (χ0v) is 10.1. The van der Waals surface area contributed by atoms with Gasteiger partial charge in [-0.3, -0.25) is 4.99 Å². The van der Waals surface area contributed by atoms with Gasteiger partial charge in [-0.2, -0.15) is 0 Å². The number of alkyl halides is 2. The molecule has 2 unspecified atom stereocenters. The normalized spacial score (nSPS) is 33.5.